The summed E-state index contributed by atoms with van der Waals surface area (Å²) in [6.07, 6.45) is 3.20. The van der Waals surface area contributed by atoms with Crippen LogP contribution in [-0.4, -0.2) is 26.9 Å². The number of para-hydroxylation sites is 1. The van der Waals surface area contributed by atoms with E-state index in [4.69, 9.17) is 9.72 Å². The third-order valence-corrected chi connectivity index (χ3v) is 7.13. The van der Waals surface area contributed by atoms with Crippen molar-refractivity contribution >= 4 is 22.8 Å². The first-order valence-electron chi connectivity index (χ1n) is 12.0. The molecular weight excluding hydrogens is 424 g/mol. The fourth-order valence-electron chi connectivity index (χ4n) is 5.47. The third-order valence-electron chi connectivity index (χ3n) is 7.13. The van der Waals surface area contributed by atoms with E-state index in [2.05, 4.69) is 22.4 Å². The average Bonchev–Trinajstić information content (AvgIpc) is 3.59. The maximum Gasteiger partial charge on any atom is 0.322 e. The Kier molecular flexibility index (Phi) is 5.21. The molecule has 4 aromatic rings. The first kappa shape index (κ1) is 20.8. The van der Waals surface area contributed by atoms with E-state index in [1.54, 1.807) is 0 Å². The number of nitrogens with one attached hydrogen (secondary N) is 2. The van der Waals surface area contributed by atoms with Crippen LogP contribution in [0.25, 0.3) is 11.0 Å². The number of aromatic amines is 1. The second-order valence-corrected chi connectivity index (χ2v) is 9.42. The maximum absolute atomic E-state index is 13.4. The van der Waals surface area contributed by atoms with Gasteiger partial charge in [-0.2, -0.15) is 0 Å². The van der Waals surface area contributed by atoms with Gasteiger partial charge in [-0.1, -0.05) is 54.1 Å². The number of imidazole rings is 1. The van der Waals surface area contributed by atoms with Gasteiger partial charge in [0, 0.05) is 11.7 Å². The number of hydrogen-bond donors (Lipinski definition) is 2. The summed E-state index contributed by atoms with van der Waals surface area (Å²) in [7, 11) is 0. The number of carbonyl (C=O) groups excluding carboxylic acids is 1. The van der Waals surface area contributed by atoms with Crippen molar-refractivity contribution in [3.63, 3.8) is 0 Å². The highest BCUT2D eigenvalue weighted by Gasteiger charge is 2.50. The van der Waals surface area contributed by atoms with Crippen molar-refractivity contribution in [3.8, 4) is 5.75 Å². The number of fused-ring (bicyclic) bond motifs is 3. The Labute approximate surface area is 199 Å². The molecule has 6 rings (SSSR count). The molecule has 1 aliphatic carbocycles. The van der Waals surface area contributed by atoms with Crippen molar-refractivity contribution < 1.29 is 9.53 Å². The standard InChI is InChI=1S/C28H28N4O2/c1-18-10-13-21(14-11-18)29-28(33)32-22-15-12-20(16-22)26(32)27-30-23-8-5-9-24(25(23)31-27)34-17-19-6-3-2-4-7-19/h2-11,13-14,20,22,26H,12,15-17H2,1H3,(H,29,33)(H,30,31)/t20-,22+,26-/m0/s1. The summed E-state index contributed by atoms with van der Waals surface area (Å²) < 4.78 is 6.13. The zero-order valence-corrected chi connectivity index (χ0v) is 19.2. The SMILES string of the molecule is Cc1ccc(NC(=O)N2[C@@H]3CC[C@@H](C3)[C@H]2c2nc3c(OCc4ccccc4)cccc3[nH]2)cc1. The van der Waals surface area contributed by atoms with Gasteiger partial charge in [-0.3, -0.25) is 0 Å². The summed E-state index contributed by atoms with van der Waals surface area (Å²) in [6, 6.07) is 24.2. The van der Waals surface area contributed by atoms with Gasteiger partial charge >= 0.3 is 6.03 Å². The number of anilines is 1. The van der Waals surface area contributed by atoms with Crippen LogP contribution in [0, 0.1) is 12.8 Å². The van der Waals surface area contributed by atoms with Crippen LogP contribution in [0.15, 0.2) is 72.8 Å². The molecule has 6 nitrogen and oxygen atoms in total. The topological polar surface area (TPSA) is 70.2 Å². The Morgan fingerprint density at radius 1 is 1.06 bits per heavy atom. The van der Waals surface area contributed by atoms with Crippen molar-refractivity contribution in [2.75, 3.05) is 5.32 Å². The van der Waals surface area contributed by atoms with Crippen LogP contribution in [-0.2, 0) is 6.61 Å². The molecule has 34 heavy (non-hydrogen) atoms. The van der Waals surface area contributed by atoms with Crippen molar-refractivity contribution in [1.29, 1.82) is 0 Å². The van der Waals surface area contributed by atoms with Gasteiger partial charge in [0.15, 0.2) is 0 Å². The molecule has 3 aromatic carbocycles. The van der Waals surface area contributed by atoms with E-state index < -0.39 is 0 Å². The van der Waals surface area contributed by atoms with Crippen LogP contribution in [0.2, 0.25) is 0 Å². The van der Waals surface area contributed by atoms with E-state index in [0.29, 0.717) is 12.5 Å². The molecule has 1 saturated heterocycles. The Hall–Kier alpha value is -3.80. The van der Waals surface area contributed by atoms with E-state index in [1.807, 2.05) is 72.5 Å². The molecule has 172 valence electrons. The van der Waals surface area contributed by atoms with Gasteiger partial charge in [0.25, 0.3) is 0 Å². The molecule has 0 radical (unpaired) electrons. The number of urea groups is 1. The zero-order chi connectivity index (χ0) is 23.1. The first-order chi connectivity index (χ1) is 16.7. The monoisotopic (exact) mass is 452 g/mol. The average molecular weight is 453 g/mol. The van der Waals surface area contributed by atoms with Crippen LogP contribution >= 0.6 is 0 Å². The molecule has 0 unspecified atom stereocenters. The van der Waals surface area contributed by atoms with Crippen LogP contribution < -0.4 is 10.1 Å². The van der Waals surface area contributed by atoms with Gasteiger partial charge in [0.05, 0.1) is 11.6 Å². The molecule has 6 heteroatoms. The number of H-pyrrole nitrogens is 1. The summed E-state index contributed by atoms with van der Waals surface area (Å²) >= 11 is 0. The zero-order valence-electron chi connectivity index (χ0n) is 19.2. The van der Waals surface area contributed by atoms with Gasteiger partial charge < -0.3 is 19.9 Å². The number of rotatable bonds is 5. The van der Waals surface area contributed by atoms with E-state index in [0.717, 1.165) is 53.1 Å². The number of aryl methyl sites for hydroxylation is 1. The van der Waals surface area contributed by atoms with Crippen LogP contribution in [0.5, 0.6) is 5.75 Å². The highest BCUT2D eigenvalue weighted by molar-refractivity contribution is 5.90. The number of amides is 2. The summed E-state index contributed by atoms with van der Waals surface area (Å²) in [5, 5.41) is 3.10. The van der Waals surface area contributed by atoms with Gasteiger partial charge in [0.1, 0.15) is 23.7 Å². The first-order valence-corrected chi connectivity index (χ1v) is 12.0. The summed E-state index contributed by atoms with van der Waals surface area (Å²) in [5.74, 6) is 2.02. The molecule has 1 saturated carbocycles. The molecule has 1 aliphatic heterocycles. The van der Waals surface area contributed by atoms with E-state index in [9.17, 15) is 4.79 Å². The number of aromatic nitrogens is 2. The number of benzene rings is 3. The van der Waals surface area contributed by atoms with Crippen molar-refractivity contribution in [2.24, 2.45) is 5.92 Å². The molecule has 2 heterocycles. The second-order valence-electron chi connectivity index (χ2n) is 9.42. The largest absolute Gasteiger partial charge is 0.487 e. The van der Waals surface area contributed by atoms with Crippen molar-refractivity contribution in [1.82, 2.24) is 14.9 Å². The number of likely N-dealkylation sites (tertiary alicyclic amines) is 1. The third kappa shape index (κ3) is 3.79. The molecule has 2 fully saturated rings. The minimum absolute atomic E-state index is 0.0536. The van der Waals surface area contributed by atoms with E-state index >= 15 is 0 Å². The molecule has 1 aromatic heterocycles. The second kappa shape index (κ2) is 8.52. The van der Waals surface area contributed by atoms with Crippen LogP contribution in [0.4, 0.5) is 10.5 Å². The fourth-order valence-corrected chi connectivity index (χ4v) is 5.47. The number of carbonyl (C=O) groups is 1. The Balaban J connectivity index is 1.27. The smallest absolute Gasteiger partial charge is 0.322 e. The lowest BCUT2D eigenvalue weighted by Gasteiger charge is -2.34. The number of hydrogen-bond acceptors (Lipinski definition) is 3. The number of nitrogens with zero attached hydrogens (tertiary/aromatic N) is 2. The van der Waals surface area contributed by atoms with Crippen LogP contribution in [0.1, 0.15) is 42.3 Å². The van der Waals surface area contributed by atoms with Gasteiger partial charge in [0.2, 0.25) is 0 Å². The summed E-state index contributed by atoms with van der Waals surface area (Å²) in [4.78, 5) is 23.9. The minimum Gasteiger partial charge on any atom is -0.487 e. The molecule has 2 amide bonds. The molecule has 3 atom stereocenters. The lowest BCUT2D eigenvalue weighted by molar-refractivity contribution is 0.154. The maximum atomic E-state index is 13.4. The highest BCUT2D eigenvalue weighted by Crippen LogP contribution is 2.50. The highest BCUT2D eigenvalue weighted by atomic mass is 16.5. The Morgan fingerprint density at radius 2 is 1.88 bits per heavy atom. The predicted molar refractivity (Wildman–Crippen MR) is 133 cm³/mol. The Morgan fingerprint density at radius 3 is 2.71 bits per heavy atom. The lowest BCUT2D eigenvalue weighted by Crippen LogP contribution is -2.43. The molecular formula is C28H28N4O2. The van der Waals surface area contributed by atoms with Crippen molar-refractivity contribution in [2.45, 2.75) is 44.9 Å². The Bertz CT molecular complexity index is 1320. The quantitative estimate of drug-likeness (QED) is 0.378. The molecule has 2 N–H and O–H groups in total. The van der Waals surface area contributed by atoms with E-state index in [1.165, 1.54) is 5.56 Å². The molecule has 2 aliphatic rings. The van der Waals surface area contributed by atoms with Crippen molar-refractivity contribution in [3.05, 3.63) is 89.7 Å². The fraction of sp³-hybridized carbons (Fsp3) is 0.286. The lowest BCUT2D eigenvalue weighted by atomic mass is 9.98. The molecule has 2 bridgehead atoms. The van der Waals surface area contributed by atoms with E-state index in [-0.39, 0.29) is 18.1 Å². The number of piperidine rings is 1. The van der Waals surface area contributed by atoms with Gasteiger partial charge in [-0.15, -0.1) is 0 Å². The number of ether oxygens (including phenoxy) is 1. The normalized spacial score (nSPS) is 21.2. The minimum atomic E-state index is -0.0569. The summed E-state index contributed by atoms with van der Waals surface area (Å²) in [5.41, 5.74) is 4.85. The van der Waals surface area contributed by atoms with Gasteiger partial charge in [-0.25, -0.2) is 9.78 Å². The van der Waals surface area contributed by atoms with Gasteiger partial charge in [-0.05, 0) is 61.9 Å². The predicted octanol–water partition coefficient (Wildman–Crippen LogP) is 6.21. The summed E-state index contributed by atoms with van der Waals surface area (Å²) in [6.45, 7) is 2.53. The molecule has 0 spiro atoms. The van der Waals surface area contributed by atoms with Crippen LogP contribution in [0.3, 0.4) is 0 Å².